The summed E-state index contributed by atoms with van der Waals surface area (Å²) in [6, 6.07) is 11.6. The highest BCUT2D eigenvalue weighted by atomic mass is 35.5. The van der Waals surface area contributed by atoms with Gasteiger partial charge < -0.3 is 19.5 Å². The topological polar surface area (TPSA) is 86.8 Å². The van der Waals surface area contributed by atoms with E-state index in [9.17, 15) is 18.4 Å². The molecule has 0 radical (unpaired) electrons. The maximum Gasteiger partial charge on any atom is 0.387 e. The summed E-state index contributed by atoms with van der Waals surface area (Å²) < 4.78 is 42.4. The lowest BCUT2D eigenvalue weighted by Crippen LogP contribution is -2.16. The molecule has 4 rings (SSSR count). The number of halogens is 4. The molecule has 3 aromatic rings. The van der Waals surface area contributed by atoms with Crippen LogP contribution in [0.4, 0.5) is 14.5 Å². The Bertz CT molecular complexity index is 1330. The van der Waals surface area contributed by atoms with Gasteiger partial charge in [0.1, 0.15) is 6.10 Å². The summed E-state index contributed by atoms with van der Waals surface area (Å²) in [4.78, 5) is 28.6. The molecule has 1 amide bonds. The molecule has 0 aliphatic heterocycles. The molecule has 1 aliphatic rings. The van der Waals surface area contributed by atoms with Gasteiger partial charge in [-0.1, -0.05) is 47.5 Å². The first-order valence-corrected chi connectivity index (χ1v) is 13.5. The standard InChI is InChI=1S/C29H28Cl2F2N2O5/c1-17(36)35-24-5-3-2-4-19(24)9-11-28(37)39-26(13-21-22(30)14-34-15-23(21)31)20-8-10-25(40-29(32)33)27(12-20)38-16-18-6-7-18/h2-5,8,10,12,14-15,18,26,29H,6-7,9,11,13,16H2,1H3,(H,35,36)/t26-/m0/s1. The van der Waals surface area contributed by atoms with Crippen LogP contribution in [-0.4, -0.2) is 30.1 Å². The maximum atomic E-state index is 13.1. The summed E-state index contributed by atoms with van der Waals surface area (Å²) in [7, 11) is 0. The van der Waals surface area contributed by atoms with E-state index < -0.39 is 18.7 Å². The molecule has 0 unspecified atom stereocenters. The Morgan fingerprint density at radius 2 is 1.80 bits per heavy atom. The summed E-state index contributed by atoms with van der Waals surface area (Å²) in [6.45, 7) is -1.26. The van der Waals surface area contributed by atoms with Gasteiger partial charge in [-0.05, 0) is 60.1 Å². The first-order valence-electron chi connectivity index (χ1n) is 12.7. The molecule has 1 saturated carbocycles. The third-order valence-corrected chi connectivity index (χ3v) is 6.92. The Kier molecular flexibility index (Phi) is 10.2. The van der Waals surface area contributed by atoms with Crippen molar-refractivity contribution in [1.29, 1.82) is 0 Å². The third-order valence-electron chi connectivity index (χ3n) is 6.27. The van der Waals surface area contributed by atoms with E-state index in [1.165, 1.54) is 37.5 Å². The number of rotatable bonds is 13. The van der Waals surface area contributed by atoms with Crippen molar-refractivity contribution in [3.8, 4) is 11.5 Å². The van der Waals surface area contributed by atoms with E-state index in [1.54, 1.807) is 12.1 Å². The van der Waals surface area contributed by atoms with Gasteiger partial charge in [0, 0.05) is 37.8 Å². The lowest BCUT2D eigenvalue weighted by atomic mass is 10.0. The molecule has 0 saturated heterocycles. The van der Waals surface area contributed by atoms with Crippen LogP contribution in [0.1, 0.15) is 49.0 Å². The smallest absolute Gasteiger partial charge is 0.387 e. The number of amides is 1. The number of carbonyl (C=O) groups is 2. The summed E-state index contributed by atoms with van der Waals surface area (Å²) in [5.41, 5.74) is 2.39. The van der Waals surface area contributed by atoms with E-state index in [4.69, 9.17) is 32.7 Å². The fourth-order valence-corrected chi connectivity index (χ4v) is 4.59. The number of hydrogen-bond acceptors (Lipinski definition) is 6. The SMILES string of the molecule is CC(=O)Nc1ccccc1CCC(=O)O[C@@H](Cc1c(Cl)cncc1Cl)c1ccc(OC(F)F)c(OCC2CC2)c1. The predicted molar refractivity (Wildman–Crippen MR) is 147 cm³/mol. The van der Waals surface area contributed by atoms with Crippen molar-refractivity contribution in [2.24, 2.45) is 5.92 Å². The van der Waals surface area contributed by atoms with Gasteiger partial charge in [-0.15, -0.1) is 0 Å². The Morgan fingerprint density at radius 3 is 2.48 bits per heavy atom. The van der Waals surface area contributed by atoms with Crippen LogP contribution in [0.15, 0.2) is 54.9 Å². The van der Waals surface area contributed by atoms with Crippen LogP contribution in [0.25, 0.3) is 0 Å². The Labute approximate surface area is 240 Å². The summed E-state index contributed by atoms with van der Waals surface area (Å²) in [5.74, 6) is -0.357. The van der Waals surface area contributed by atoms with Crippen molar-refractivity contribution in [2.75, 3.05) is 11.9 Å². The molecular formula is C29H28Cl2F2N2O5. The van der Waals surface area contributed by atoms with Gasteiger partial charge in [0.2, 0.25) is 5.91 Å². The van der Waals surface area contributed by atoms with Gasteiger partial charge in [-0.25, -0.2) is 0 Å². The molecule has 1 aliphatic carbocycles. The van der Waals surface area contributed by atoms with E-state index in [0.29, 0.717) is 45.8 Å². The minimum atomic E-state index is -3.03. The number of ether oxygens (including phenoxy) is 3. The van der Waals surface area contributed by atoms with Crippen molar-refractivity contribution in [3.63, 3.8) is 0 Å². The number of aryl methyl sites for hydroxylation is 1. The molecule has 1 fully saturated rings. The largest absolute Gasteiger partial charge is 0.489 e. The minimum absolute atomic E-state index is 0.0164. The molecule has 1 aromatic heterocycles. The Morgan fingerprint density at radius 1 is 1.07 bits per heavy atom. The molecular weight excluding hydrogens is 565 g/mol. The quantitative estimate of drug-likeness (QED) is 0.211. The highest BCUT2D eigenvalue weighted by Gasteiger charge is 2.26. The second kappa shape index (κ2) is 13.8. The number of anilines is 1. The molecule has 40 heavy (non-hydrogen) atoms. The van der Waals surface area contributed by atoms with E-state index in [-0.39, 0.29) is 30.2 Å². The van der Waals surface area contributed by atoms with Gasteiger partial charge >= 0.3 is 12.6 Å². The number of carbonyl (C=O) groups excluding carboxylic acids is 2. The van der Waals surface area contributed by atoms with Crippen LogP contribution in [-0.2, 0) is 27.2 Å². The van der Waals surface area contributed by atoms with E-state index in [0.717, 1.165) is 18.4 Å². The number of esters is 1. The van der Waals surface area contributed by atoms with Crippen LogP contribution in [0.5, 0.6) is 11.5 Å². The number of nitrogens with one attached hydrogen (secondary N) is 1. The molecule has 212 valence electrons. The Balaban J connectivity index is 1.58. The van der Waals surface area contributed by atoms with E-state index in [2.05, 4.69) is 15.0 Å². The van der Waals surface area contributed by atoms with Crippen LogP contribution < -0.4 is 14.8 Å². The number of para-hydroxylation sites is 1. The average molecular weight is 593 g/mol. The summed E-state index contributed by atoms with van der Waals surface area (Å²) >= 11 is 12.7. The predicted octanol–water partition coefficient (Wildman–Crippen LogP) is 7.20. The first kappa shape index (κ1) is 29.6. The lowest BCUT2D eigenvalue weighted by molar-refractivity contribution is -0.149. The zero-order chi connectivity index (χ0) is 28.6. The van der Waals surface area contributed by atoms with Crippen molar-refractivity contribution >= 4 is 40.8 Å². The van der Waals surface area contributed by atoms with Crippen molar-refractivity contribution < 1.29 is 32.6 Å². The molecule has 11 heteroatoms. The normalized spacial score (nSPS) is 13.6. The minimum Gasteiger partial charge on any atom is -0.489 e. The average Bonchev–Trinajstić information content (AvgIpc) is 3.73. The van der Waals surface area contributed by atoms with E-state index in [1.807, 2.05) is 12.1 Å². The second-order valence-corrected chi connectivity index (χ2v) is 10.3. The zero-order valence-corrected chi connectivity index (χ0v) is 23.2. The lowest BCUT2D eigenvalue weighted by Gasteiger charge is -2.22. The van der Waals surface area contributed by atoms with Crippen molar-refractivity contribution in [2.45, 2.75) is 51.7 Å². The molecule has 7 nitrogen and oxygen atoms in total. The Hall–Kier alpha value is -3.43. The number of aromatic nitrogens is 1. The van der Waals surface area contributed by atoms with Crippen LogP contribution >= 0.6 is 23.2 Å². The fraction of sp³-hybridized carbons (Fsp3) is 0.345. The number of hydrogen-bond donors (Lipinski definition) is 1. The number of alkyl halides is 2. The van der Waals surface area contributed by atoms with Crippen LogP contribution in [0, 0.1) is 5.92 Å². The van der Waals surface area contributed by atoms with E-state index >= 15 is 0 Å². The molecule has 0 bridgehead atoms. The highest BCUT2D eigenvalue weighted by molar-refractivity contribution is 6.35. The third kappa shape index (κ3) is 8.53. The maximum absolute atomic E-state index is 13.1. The van der Waals surface area contributed by atoms with Gasteiger partial charge in [0.25, 0.3) is 0 Å². The summed E-state index contributed by atoms with van der Waals surface area (Å²) in [6.07, 6.45) is 4.45. The molecule has 1 atom stereocenters. The second-order valence-electron chi connectivity index (χ2n) is 9.44. The van der Waals surface area contributed by atoms with Crippen LogP contribution in [0.3, 0.4) is 0 Å². The summed E-state index contributed by atoms with van der Waals surface area (Å²) in [5, 5.41) is 3.34. The molecule has 2 aromatic carbocycles. The van der Waals surface area contributed by atoms with Crippen molar-refractivity contribution in [3.05, 3.63) is 81.6 Å². The molecule has 0 spiro atoms. The number of nitrogens with zero attached hydrogens (tertiary/aromatic N) is 1. The van der Waals surface area contributed by atoms with Gasteiger partial charge in [0.15, 0.2) is 11.5 Å². The molecule has 1 heterocycles. The van der Waals surface area contributed by atoms with Gasteiger partial charge in [-0.3, -0.25) is 14.6 Å². The van der Waals surface area contributed by atoms with Crippen molar-refractivity contribution in [1.82, 2.24) is 4.98 Å². The number of pyridine rings is 1. The van der Waals surface area contributed by atoms with Gasteiger partial charge in [-0.2, -0.15) is 8.78 Å². The first-order chi connectivity index (χ1) is 19.2. The highest BCUT2D eigenvalue weighted by Crippen LogP contribution is 2.38. The number of benzene rings is 2. The monoisotopic (exact) mass is 592 g/mol. The zero-order valence-electron chi connectivity index (χ0n) is 21.7. The van der Waals surface area contributed by atoms with Gasteiger partial charge in [0.05, 0.1) is 16.7 Å². The van der Waals surface area contributed by atoms with Crippen LogP contribution in [0.2, 0.25) is 10.0 Å². The molecule has 1 N–H and O–H groups in total. The fourth-order valence-electron chi connectivity index (χ4n) is 4.07.